The van der Waals surface area contributed by atoms with Crippen molar-refractivity contribution in [2.24, 2.45) is 0 Å². The van der Waals surface area contributed by atoms with E-state index in [1.165, 1.54) is 0 Å². The molecule has 0 saturated carbocycles. The van der Waals surface area contributed by atoms with Crippen molar-refractivity contribution in [3.05, 3.63) is 29.7 Å². The lowest BCUT2D eigenvalue weighted by Crippen LogP contribution is -2.40. The average Bonchev–Trinajstić information content (AvgIpc) is 2.42. The molecule has 1 N–H and O–H groups in total. The van der Waals surface area contributed by atoms with Gasteiger partial charge in [-0.15, -0.1) is 0 Å². The summed E-state index contributed by atoms with van der Waals surface area (Å²) in [4.78, 5) is 19.9. The molecule has 124 valence electrons. The summed E-state index contributed by atoms with van der Waals surface area (Å²) >= 11 is 5.92. The van der Waals surface area contributed by atoms with Crippen LogP contribution in [0.4, 0.5) is 4.79 Å². The Labute approximate surface area is 140 Å². The van der Waals surface area contributed by atoms with E-state index < -0.39 is 11.7 Å². The van der Waals surface area contributed by atoms with Gasteiger partial charge in [-0.25, -0.2) is 9.78 Å². The molecule has 0 fully saturated rings. The van der Waals surface area contributed by atoms with Crippen molar-refractivity contribution >= 4 is 28.6 Å². The molecule has 2 rings (SSSR count). The lowest BCUT2D eigenvalue weighted by atomic mass is 10.2. The van der Waals surface area contributed by atoms with E-state index in [1.54, 1.807) is 24.5 Å². The highest BCUT2D eigenvalue weighted by Gasteiger charge is 2.18. The lowest BCUT2D eigenvalue weighted by Gasteiger charge is -2.22. The Morgan fingerprint density at radius 2 is 2.13 bits per heavy atom. The zero-order valence-electron chi connectivity index (χ0n) is 13.6. The quantitative estimate of drug-likeness (QED) is 0.863. The summed E-state index contributed by atoms with van der Waals surface area (Å²) < 4.78 is 11.0. The van der Waals surface area contributed by atoms with E-state index in [2.05, 4.69) is 15.3 Å². The molecule has 0 unspecified atom stereocenters. The summed E-state index contributed by atoms with van der Waals surface area (Å²) in [6.45, 7) is 7.57. The highest BCUT2D eigenvalue weighted by molar-refractivity contribution is 6.30. The van der Waals surface area contributed by atoms with Crippen molar-refractivity contribution in [2.75, 3.05) is 6.61 Å². The zero-order valence-corrected chi connectivity index (χ0v) is 14.3. The van der Waals surface area contributed by atoms with Gasteiger partial charge in [-0.3, -0.25) is 4.98 Å². The van der Waals surface area contributed by atoms with Gasteiger partial charge in [-0.2, -0.15) is 0 Å². The van der Waals surface area contributed by atoms with Crippen molar-refractivity contribution in [1.29, 1.82) is 0 Å². The SMILES string of the molecule is C[C@H](COc1ccnc2cnc(Cl)cc12)NC(=O)OC(C)(C)C. The predicted molar refractivity (Wildman–Crippen MR) is 88.9 cm³/mol. The van der Waals surface area contributed by atoms with Crippen molar-refractivity contribution in [3.63, 3.8) is 0 Å². The van der Waals surface area contributed by atoms with Gasteiger partial charge in [0.15, 0.2) is 0 Å². The number of nitrogens with one attached hydrogen (secondary N) is 1. The first-order valence-corrected chi connectivity index (χ1v) is 7.65. The fourth-order valence-corrected chi connectivity index (χ4v) is 2.05. The molecule has 0 spiro atoms. The topological polar surface area (TPSA) is 73.3 Å². The molecule has 0 radical (unpaired) electrons. The second-order valence-corrected chi connectivity index (χ2v) is 6.58. The van der Waals surface area contributed by atoms with Crippen molar-refractivity contribution in [1.82, 2.24) is 15.3 Å². The number of fused-ring (bicyclic) bond motifs is 1. The van der Waals surface area contributed by atoms with E-state index in [1.807, 2.05) is 27.7 Å². The molecule has 7 heteroatoms. The van der Waals surface area contributed by atoms with Gasteiger partial charge >= 0.3 is 6.09 Å². The maximum Gasteiger partial charge on any atom is 0.407 e. The van der Waals surface area contributed by atoms with Gasteiger partial charge in [0.1, 0.15) is 23.1 Å². The van der Waals surface area contributed by atoms with Crippen molar-refractivity contribution in [2.45, 2.75) is 39.3 Å². The molecule has 1 amide bonds. The summed E-state index contributed by atoms with van der Waals surface area (Å²) in [5.41, 5.74) is 0.162. The third kappa shape index (κ3) is 5.25. The minimum Gasteiger partial charge on any atom is -0.491 e. The average molecular weight is 338 g/mol. The Morgan fingerprint density at radius 3 is 2.83 bits per heavy atom. The van der Waals surface area contributed by atoms with Crippen molar-refractivity contribution in [3.8, 4) is 5.75 Å². The number of carbonyl (C=O) groups is 1. The second kappa shape index (κ2) is 7.00. The molecule has 23 heavy (non-hydrogen) atoms. The maximum absolute atomic E-state index is 11.7. The normalized spacial score (nSPS) is 12.7. The first-order chi connectivity index (χ1) is 10.7. The van der Waals surface area contributed by atoms with Crippen molar-refractivity contribution < 1.29 is 14.3 Å². The van der Waals surface area contributed by atoms with Crippen LogP contribution in [0.25, 0.3) is 10.9 Å². The number of hydrogen-bond acceptors (Lipinski definition) is 5. The number of hydrogen-bond donors (Lipinski definition) is 1. The van der Waals surface area contributed by atoms with E-state index >= 15 is 0 Å². The predicted octanol–water partition coefficient (Wildman–Crippen LogP) is 3.58. The van der Waals surface area contributed by atoms with Crippen LogP contribution in [-0.4, -0.2) is 34.3 Å². The number of rotatable bonds is 4. The van der Waals surface area contributed by atoms with Crippen LogP contribution >= 0.6 is 11.6 Å². The molecule has 2 aromatic heterocycles. The zero-order chi connectivity index (χ0) is 17.0. The van der Waals surface area contributed by atoms with E-state index in [-0.39, 0.29) is 12.6 Å². The summed E-state index contributed by atoms with van der Waals surface area (Å²) in [5, 5.41) is 3.87. The molecular formula is C16H20ClN3O3. The smallest absolute Gasteiger partial charge is 0.407 e. The first-order valence-electron chi connectivity index (χ1n) is 7.27. The summed E-state index contributed by atoms with van der Waals surface area (Å²) in [6, 6.07) is 3.23. The standard InChI is InChI=1S/C16H20ClN3O3/c1-10(20-15(21)23-16(2,3)4)9-22-13-5-6-18-12-8-19-14(17)7-11(12)13/h5-8,10H,9H2,1-4H3,(H,20,21)/t10-/m1/s1. The van der Waals surface area contributed by atoms with Crippen LogP contribution < -0.4 is 10.1 Å². The highest BCUT2D eigenvalue weighted by Crippen LogP contribution is 2.25. The molecule has 6 nitrogen and oxygen atoms in total. The van der Waals surface area contributed by atoms with Crippen LogP contribution in [-0.2, 0) is 4.74 Å². The third-order valence-corrected chi connectivity index (χ3v) is 3.01. The number of aromatic nitrogens is 2. The fraction of sp³-hybridized carbons (Fsp3) is 0.438. The fourth-order valence-electron chi connectivity index (χ4n) is 1.89. The molecule has 2 heterocycles. The lowest BCUT2D eigenvalue weighted by molar-refractivity contribution is 0.0494. The van der Waals surface area contributed by atoms with Gasteiger partial charge in [-0.05, 0) is 39.8 Å². The first kappa shape index (κ1) is 17.3. The number of ether oxygens (including phenoxy) is 2. The summed E-state index contributed by atoms with van der Waals surface area (Å²) in [5.74, 6) is 0.636. The minimum atomic E-state index is -0.532. The molecule has 0 aliphatic carbocycles. The maximum atomic E-state index is 11.7. The van der Waals surface area contributed by atoms with Gasteiger partial charge in [-0.1, -0.05) is 11.6 Å². The third-order valence-electron chi connectivity index (χ3n) is 2.81. The van der Waals surface area contributed by atoms with Crippen LogP contribution in [0, 0.1) is 0 Å². The molecule has 2 aromatic rings. The Balaban J connectivity index is 1.98. The van der Waals surface area contributed by atoms with Gasteiger partial charge in [0.2, 0.25) is 0 Å². The Hall–Kier alpha value is -2.08. The molecule has 1 atom stereocenters. The molecule has 0 bridgehead atoms. The molecule has 0 saturated heterocycles. The van der Waals surface area contributed by atoms with E-state index in [0.717, 1.165) is 5.39 Å². The van der Waals surface area contributed by atoms with Crippen LogP contribution in [0.5, 0.6) is 5.75 Å². The summed E-state index contributed by atoms with van der Waals surface area (Å²) in [6.07, 6.45) is 2.76. The molecule has 0 aromatic carbocycles. The van der Waals surface area contributed by atoms with Crippen LogP contribution in [0.2, 0.25) is 5.15 Å². The number of pyridine rings is 2. The molecular weight excluding hydrogens is 318 g/mol. The van der Waals surface area contributed by atoms with Crippen LogP contribution in [0.1, 0.15) is 27.7 Å². The molecule has 0 aliphatic heterocycles. The Morgan fingerprint density at radius 1 is 1.39 bits per heavy atom. The summed E-state index contributed by atoms with van der Waals surface area (Å²) in [7, 11) is 0. The number of alkyl carbamates (subject to hydrolysis) is 1. The van der Waals surface area contributed by atoms with Crippen LogP contribution in [0.3, 0.4) is 0 Å². The van der Waals surface area contributed by atoms with Gasteiger partial charge in [0, 0.05) is 11.6 Å². The molecule has 0 aliphatic rings. The Kier molecular flexibility index (Phi) is 5.26. The number of halogens is 1. The monoisotopic (exact) mass is 337 g/mol. The van der Waals surface area contributed by atoms with Crippen LogP contribution in [0.15, 0.2) is 24.5 Å². The number of amides is 1. The van der Waals surface area contributed by atoms with Gasteiger partial charge in [0.25, 0.3) is 0 Å². The van der Waals surface area contributed by atoms with Gasteiger partial charge in [0.05, 0.1) is 17.8 Å². The van der Waals surface area contributed by atoms with E-state index in [9.17, 15) is 4.79 Å². The number of nitrogens with zero attached hydrogens (tertiary/aromatic N) is 2. The minimum absolute atomic E-state index is 0.217. The largest absolute Gasteiger partial charge is 0.491 e. The van der Waals surface area contributed by atoms with E-state index in [0.29, 0.717) is 16.4 Å². The Bertz CT molecular complexity index is 701. The van der Waals surface area contributed by atoms with Gasteiger partial charge < -0.3 is 14.8 Å². The highest BCUT2D eigenvalue weighted by atomic mass is 35.5. The van der Waals surface area contributed by atoms with E-state index in [4.69, 9.17) is 21.1 Å². The number of carbonyl (C=O) groups excluding carboxylic acids is 1. The second-order valence-electron chi connectivity index (χ2n) is 6.19.